The minimum absolute atomic E-state index is 0.299. The third-order valence-electron chi connectivity index (χ3n) is 3.09. The van der Waals surface area contributed by atoms with Gasteiger partial charge in [-0.1, -0.05) is 41.5 Å². The maximum atomic E-state index is 11.9. The van der Waals surface area contributed by atoms with Gasteiger partial charge in [0.15, 0.2) is 0 Å². The lowest BCUT2D eigenvalue weighted by Crippen LogP contribution is -2.41. The van der Waals surface area contributed by atoms with Crippen molar-refractivity contribution < 1.29 is 4.79 Å². The van der Waals surface area contributed by atoms with Gasteiger partial charge in [-0.2, -0.15) is 0 Å². The first-order valence-electron chi connectivity index (χ1n) is 6.12. The van der Waals surface area contributed by atoms with Crippen molar-refractivity contribution in [3.05, 3.63) is 0 Å². The molecule has 88 valence electrons. The number of ketones is 1. The molecule has 1 rings (SSSR count). The monoisotopic (exact) mass is 210 g/mol. The highest BCUT2D eigenvalue weighted by molar-refractivity contribution is 5.89. The Labute approximate surface area is 94.6 Å². The molecule has 1 nitrogen and oxygen atoms in total. The Morgan fingerprint density at radius 3 is 1.47 bits per heavy atom. The highest BCUT2D eigenvalue weighted by atomic mass is 16.1. The molecule has 1 aliphatic carbocycles. The van der Waals surface area contributed by atoms with Crippen LogP contribution >= 0.6 is 0 Å². The lowest BCUT2D eigenvalue weighted by Gasteiger charge is -2.40. The molecule has 0 aliphatic heterocycles. The van der Waals surface area contributed by atoms with Crippen LogP contribution in [0.5, 0.6) is 0 Å². The Balaban J connectivity index is 2.39. The maximum Gasteiger partial charge on any atom is 0.139 e. The first-order chi connectivity index (χ1) is 6.58. The molecule has 1 heteroatoms. The van der Waals surface area contributed by atoms with Gasteiger partial charge >= 0.3 is 0 Å². The van der Waals surface area contributed by atoms with Crippen molar-refractivity contribution in [2.45, 2.75) is 60.8 Å². The second-order valence-corrected chi connectivity index (χ2v) is 7.56. The van der Waals surface area contributed by atoms with E-state index in [9.17, 15) is 4.79 Å². The molecule has 0 aromatic rings. The molecule has 0 aromatic heterocycles. The molecule has 2 atom stereocenters. The normalized spacial score (nSPS) is 27.7. The van der Waals surface area contributed by atoms with Crippen molar-refractivity contribution >= 4 is 5.78 Å². The molecule has 0 bridgehead atoms. The summed E-state index contributed by atoms with van der Waals surface area (Å²) in [6.45, 7) is 13.3. The van der Waals surface area contributed by atoms with E-state index in [-0.39, 0.29) is 0 Å². The summed E-state index contributed by atoms with van der Waals surface area (Å²) in [5.74, 6) is 1.24. The molecule has 1 fully saturated rings. The average molecular weight is 210 g/mol. The van der Waals surface area contributed by atoms with Crippen LogP contribution in [0.15, 0.2) is 0 Å². The number of hydrogen-bond acceptors (Lipinski definition) is 1. The van der Waals surface area contributed by atoms with Crippen LogP contribution in [0, 0.1) is 22.7 Å². The first kappa shape index (κ1) is 12.7. The summed E-state index contributed by atoms with van der Waals surface area (Å²) in [5, 5.41) is 0. The van der Waals surface area contributed by atoms with Crippen molar-refractivity contribution in [3.8, 4) is 0 Å². The van der Waals surface area contributed by atoms with Crippen LogP contribution in [-0.2, 0) is 4.79 Å². The summed E-state index contributed by atoms with van der Waals surface area (Å²) in [6, 6.07) is 0. The molecular formula is C14H26O. The molecule has 2 unspecified atom stereocenters. The maximum absolute atomic E-state index is 11.9. The van der Waals surface area contributed by atoms with Crippen LogP contribution in [0.2, 0.25) is 0 Å². The zero-order valence-corrected chi connectivity index (χ0v) is 11.2. The third kappa shape index (κ3) is 3.96. The van der Waals surface area contributed by atoms with Crippen molar-refractivity contribution in [1.82, 2.24) is 0 Å². The lowest BCUT2D eigenvalue weighted by atomic mass is 9.63. The summed E-state index contributed by atoms with van der Waals surface area (Å²) >= 11 is 0. The van der Waals surface area contributed by atoms with Gasteiger partial charge in [-0.3, -0.25) is 4.79 Å². The van der Waals surface area contributed by atoms with E-state index in [1.807, 2.05) is 0 Å². The Bertz CT molecular complexity index is 215. The highest BCUT2D eigenvalue weighted by Gasteiger charge is 2.42. The van der Waals surface area contributed by atoms with E-state index in [0.717, 1.165) is 19.3 Å². The topological polar surface area (TPSA) is 17.1 Å². The number of hydrogen-bond donors (Lipinski definition) is 0. The smallest absolute Gasteiger partial charge is 0.139 e. The van der Waals surface area contributed by atoms with Crippen molar-refractivity contribution in [3.63, 3.8) is 0 Å². The van der Waals surface area contributed by atoms with Crippen LogP contribution in [0.1, 0.15) is 60.8 Å². The largest absolute Gasteiger partial charge is 0.299 e. The molecule has 0 amide bonds. The van der Waals surface area contributed by atoms with Gasteiger partial charge in [-0.25, -0.2) is 0 Å². The van der Waals surface area contributed by atoms with Crippen molar-refractivity contribution in [1.29, 1.82) is 0 Å². The second kappa shape index (κ2) is 3.92. The molecule has 0 spiro atoms. The minimum atomic E-state index is 0.299. The summed E-state index contributed by atoms with van der Waals surface area (Å²) in [4.78, 5) is 11.9. The Kier molecular flexibility index (Phi) is 3.33. The van der Waals surface area contributed by atoms with Crippen LogP contribution in [-0.4, -0.2) is 5.78 Å². The van der Waals surface area contributed by atoms with E-state index >= 15 is 0 Å². The minimum Gasteiger partial charge on any atom is -0.299 e. The van der Waals surface area contributed by atoms with E-state index in [4.69, 9.17) is 0 Å². The molecule has 1 saturated carbocycles. The standard InChI is InChI=1S/C14H26O/c1-13(2,3)8-10-7-11(12(10)15)9-14(4,5)6/h10-11H,7-9H2,1-6H3. The van der Waals surface area contributed by atoms with E-state index in [0.29, 0.717) is 28.4 Å². The van der Waals surface area contributed by atoms with Gasteiger partial charge in [0.1, 0.15) is 5.78 Å². The zero-order chi connectivity index (χ0) is 11.9. The fourth-order valence-corrected chi connectivity index (χ4v) is 2.59. The van der Waals surface area contributed by atoms with Crippen molar-refractivity contribution in [2.24, 2.45) is 22.7 Å². The fraction of sp³-hybridized carbons (Fsp3) is 0.929. The Hall–Kier alpha value is -0.330. The number of rotatable bonds is 2. The van der Waals surface area contributed by atoms with Crippen LogP contribution in [0.3, 0.4) is 0 Å². The van der Waals surface area contributed by atoms with E-state index in [1.165, 1.54) is 0 Å². The molecule has 15 heavy (non-hydrogen) atoms. The Morgan fingerprint density at radius 1 is 0.933 bits per heavy atom. The SMILES string of the molecule is CC(C)(C)CC1CC(CC(C)(C)C)C1=O. The average Bonchev–Trinajstić information content (AvgIpc) is 1.97. The summed E-state index contributed by atoms with van der Waals surface area (Å²) in [7, 11) is 0. The summed E-state index contributed by atoms with van der Waals surface area (Å²) in [6.07, 6.45) is 3.26. The second-order valence-electron chi connectivity index (χ2n) is 7.56. The number of carbonyl (C=O) groups excluding carboxylic acids is 1. The first-order valence-corrected chi connectivity index (χ1v) is 6.12. The highest BCUT2D eigenvalue weighted by Crippen LogP contribution is 2.42. The van der Waals surface area contributed by atoms with Gasteiger partial charge in [0, 0.05) is 11.8 Å². The quantitative estimate of drug-likeness (QED) is 0.671. The summed E-state index contributed by atoms with van der Waals surface area (Å²) < 4.78 is 0. The Morgan fingerprint density at radius 2 is 1.27 bits per heavy atom. The van der Waals surface area contributed by atoms with Gasteiger partial charge in [-0.05, 0) is 30.1 Å². The fourth-order valence-electron chi connectivity index (χ4n) is 2.59. The molecule has 0 heterocycles. The van der Waals surface area contributed by atoms with Crippen LogP contribution < -0.4 is 0 Å². The van der Waals surface area contributed by atoms with E-state index in [1.54, 1.807) is 0 Å². The molecular weight excluding hydrogens is 184 g/mol. The van der Waals surface area contributed by atoms with E-state index < -0.39 is 0 Å². The third-order valence-corrected chi connectivity index (χ3v) is 3.09. The molecule has 1 aliphatic rings. The number of Topliss-reactive ketones (excluding diaryl/α,β-unsaturated/α-hetero) is 1. The predicted molar refractivity (Wildman–Crippen MR) is 64.7 cm³/mol. The van der Waals surface area contributed by atoms with Crippen LogP contribution in [0.4, 0.5) is 0 Å². The zero-order valence-electron chi connectivity index (χ0n) is 11.2. The van der Waals surface area contributed by atoms with Gasteiger partial charge in [-0.15, -0.1) is 0 Å². The molecule has 0 radical (unpaired) electrons. The van der Waals surface area contributed by atoms with Gasteiger partial charge in [0.2, 0.25) is 0 Å². The molecule has 0 aromatic carbocycles. The van der Waals surface area contributed by atoms with E-state index in [2.05, 4.69) is 41.5 Å². The molecule has 0 saturated heterocycles. The lowest BCUT2D eigenvalue weighted by molar-refractivity contribution is -0.138. The van der Waals surface area contributed by atoms with Crippen LogP contribution in [0.25, 0.3) is 0 Å². The molecule has 0 N–H and O–H groups in total. The van der Waals surface area contributed by atoms with Gasteiger partial charge in [0.05, 0.1) is 0 Å². The van der Waals surface area contributed by atoms with Gasteiger partial charge < -0.3 is 0 Å². The number of carbonyl (C=O) groups is 1. The van der Waals surface area contributed by atoms with Crippen molar-refractivity contribution in [2.75, 3.05) is 0 Å². The summed E-state index contributed by atoms with van der Waals surface area (Å²) in [5.41, 5.74) is 0.597. The van der Waals surface area contributed by atoms with Gasteiger partial charge in [0.25, 0.3) is 0 Å². The predicted octanol–water partition coefficient (Wildman–Crippen LogP) is 4.06.